The molecule has 2 saturated heterocycles. The molecule has 126 valence electrons. The van der Waals surface area contributed by atoms with Crippen LogP contribution < -0.4 is 10.6 Å². The highest BCUT2D eigenvalue weighted by atomic mass is 16.5. The van der Waals surface area contributed by atoms with Gasteiger partial charge in [0, 0.05) is 51.7 Å². The molecule has 3 amide bonds. The molecule has 0 aromatic rings. The average Bonchev–Trinajstić information content (AvgIpc) is 3.02. The standard InChI is InChI=1S/C15H28N4O3/c1-13(12-18-8-10-22-11-9-18)17-15(21)16-5-4-14(20)19-6-2-3-7-19/h13H,2-12H2,1H3,(H2,16,17,21). The van der Waals surface area contributed by atoms with E-state index < -0.39 is 0 Å². The van der Waals surface area contributed by atoms with E-state index in [2.05, 4.69) is 15.5 Å². The fourth-order valence-electron chi connectivity index (χ4n) is 2.90. The van der Waals surface area contributed by atoms with Gasteiger partial charge in [-0.15, -0.1) is 0 Å². The van der Waals surface area contributed by atoms with Crippen LogP contribution in [-0.4, -0.2) is 80.3 Å². The largest absolute Gasteiger partial charge is 0.379 e. The minimum absolute atomic E-state index is 0.0763. The summed E-state index contributed by atoms with van der Waals surface area (Å²) in [5.41, 5.74) is 0. The topological polar surface area (TPSA) is 73.9 Å². The summed E-state index contributed by atoms with van der Waals surface area (Å²) in [5, 5.41) is 5.68. The highest BCUT2D eigenvalue weighted by Crippen LogP contribution is 2.08. The molecule has 2 N–H and O–H groups in total. The molecule has 0 aromatic carbocycles. The van der Waals surface area contributed by atoms with Crippen LogP contribution in [0.2, 0.25) is 0 Å². The fourth-order valence-corrected chi connectivity index (χ4v) is 2.90. The average molecular weight is 312 g/mol. The second kappa shape index (κ2) is 8.95. The normalized spacial score (nSPS) is 20.7. The molecule has 1 unspecified atom stereocenters. The Bertz CT molecular complexity index is 366. The predicted molar refractivity (Wildman–Crippen MR) is 83.7 cm³/mol. The van der Waals surface area contributed by atoms with Gasteiger partial charge in [-0.05, 0) is 19.8 Å². The quantitative estimate of drug-likeness (QED) is 0.725. The first-order valence-corrected chi connectivity index (χ1v) is 8.27. The molecule has 2 fully saturated rings. The zero-order valence-corrected chi connectivity index (χ0v) is 13.5. The van der Waals surface area contributed by atoms with Gasteiger partial charge in [0.15, 0.2) is 0 Å². The van der Waals surface area contributed by atoms with Crippen molar-refractivity contribution in [2.75, 3.05) is 52.5 Å². The van der Waals surface area contributed by atoms with Gasteiger partial charge in [0.05, 0.1) is 13.2 Å². The van der Waals surface area contributed by atoms with Gasteiger partial charge in [-0.2, -0.15) is 0 Å². The Morgan fingerprint density at radius 3 is 2.50 bits per heavy atom. The van der Waals surface area contributed by atoms with Crippen molar-refractivity contribution in [2.24, 2.45) is 0 Å². The van der Waals surface area contributed by atoms with E-state index in [1.165, 1.54) is 0 Å². The molecule has 0 spiro atoms. The van der Waals surface area contributed by atoms with Crippen LogP contribution in [0.15, 0.2) is 0 Å². The number of hydrogen-bond donors (Lipinski definition) is 2. The maximum absolute atomic E-state index is 11.8. The lowest BCUT2D eigenvalue weighted by atomic mass is 10.3. The van der Waals surface area contributed by atoms with Gasteiger partial charge in [0.2, 0.25) is 5.91 Å². The molecule has 2 aliphatic heterocycles. The minimum Gasteiger partial charge on any atom is -0.379 e. The second-order valence-corrected chi connectivity index (χ2v) is 6.05. The molecule has 2 aliphatic rings. The molecule has 2 rings (SSSR count). The molecule has 1 atom stereocenters. The van der Waals surface area contributed by atoms with E-state index in [1.54, 1.807) is 0 Å². The van der Waals surface area contributed by atoms with Crippen molar-refractivity contribution in [3.05, 3.63) is 0 Å². The van der Waals surface area contributed by atoms with Crippen LogP contribution in [0.3, 0.4) is 0 Å². The summed E-state index contributed by atoms with van der Waals surface area (Å²) in [4.78, 5) is 27.8. The predicted octanol–water partition coefficient (Wildman–Crippen LogP) is 0.0188. The number of carbonyl (C=O) groups is 2. The zero-order chi connectivity index (χ0) is 15.8. The van der Waals surface area contributed by atoms with Crippen LogP contribution >= 0.6 is 0 Å². The van der Waals surface area contributed by atoms with Crippen LogP contribution in [0.1, 0.15) is 26.2 Å². The number of nitrogens with one attached hydrogen (secondary N) is 2. The number of morpholine rings is 1. The van der Waals surface area contributed by atoms with Gasteiger partial charge < -0.3 is 20.3 Å². The molecule has 22 heavy (non-hydrogen) atoms. The second-order valence-electron chi connectivity index (χ2n) is 6.05. The lowest BCUT2D eigenvalue weighted by Gasteiger charge is -2.29. The number of carbonyl (C=O) groups excluding carboxylic acids is 2. The van der Waals surface area contributed by atoms with Crippen LogP contribution in [0.4, 0.5) is 4.79 Å². The summed E-state index contributed by atoms with van der Waals surface area (Å²) in [5.74, 6) is 0.138. The van der Waals surface area contributed by atoms with Gasteiger partial charge in [-0.1, -0.05) is 0 Å². The number of ether oxygens (including phenoxy) is 1. The monoisotopic (exact) mass is 312 g/mol. The van der Waals surface area contributed by atoms with Gasteiger partial charge in [-0.3, -0.25) is 9.69 Å². The van der Waals surface area contributed by atoms with E-state index in [4.69, 9.17) is 4.74 Å². The fraction of sp³-hybridized carbons (Fsp3) is 0.867. The third-order valence-corrected chi connectivity index (χ3v) is 4.10. The molecule has 0 radical (unpaired) electrons. The molecular weight excluding hydrogens is 284 g/mol. The van der Waals surface area contributed by atoms with Crippen LogP contribution in [-0.2, 0) is 9.53 Å². The van der Waals surface area contributed by atoms with Crippen molar-refractivity contribution >= 4 is 11.9 Å². The van der Waals surface area contributed by atoms with Crippen molar-refractivity contribution in [1.82, 2.24) is 20.4 Å². The number of hydrogen-bond acceptors (Lipinski definition) is 4. The van der Waals surface area contributed by atoms with Crippen molar-refractivity contribution in [3.8, 4) is 0 Å². The molecule has 0 aromatic heterocycles. The number of likely N-dealkylation sites (tertiary alicyclic amines) is 1. The Morgan fingerprint density at radius 1 is 1.14 bits per heavy atom. The van der Waals surface area contributed by atoms with Gasteiger partial charge in [-0.25, -0.2) is 4.79 Å². The molecule has 0 aliphatic carbocycles. The summed E-state index contributed by atoms with van der Waals surface area (Å²) in [6, 6.07) is -0.123. The highest BCUT2D eigenvalue weighted by molar-refractivity contribution is 5.78. The lowest BCUT2D eigenvalue weighted by Crippen LogP contribution is -2.48. The van der Waals surface area contributed by atoms with Crippen molar-refractivity contribution in [3.63, 3.8) is 0 Å². The van der Waals surface area contributed by atoms with Crippen molar-refractivity contribution < 1.29 is 14.3 Å². The summed E-state index contributed by atoms with van der Waals surface area (Å²) in [6.45, 7) is 8.29. The Kier molecular flexibility index (Phi) is 6.92. The number of urea groups is 1. The first kappa shape index (κ1) is 17.0. The summed E-state index contributed by atoms with van der Waals surface area (Å²) >= 11 is 0. The lowest BCUT2D eigenvalue weighted by molar-refractivity contribution is -0.129. The summed E-state index contributed by atoms with van der Waals surface area (Å²) in [6.07, 6.45) is 2.57. The minimum atomic E-state index is -0.199. The SMILES string of the molecule is CC(CN1CCOCC1)NC(=O)NCCC(=O)N1CCCC1. The smallest absolute Gasteiger partial charge is 0.315 e. The van der Waals surface area contributed by atoms with Crippen molar-refractivity contribution in [2.45, 2.75) is 32.2 Å². The van der Waals surface area contributed by atoms with Crippen LogP contribution in [0.5, 0.6) is 0 Å². The Hall–Kier alpha value is -1.34. The van der Waals surface area contributed by atoms with Crippen molar-refractivity contribution in [1.29, 1.82) is 0 Å². The molecule has 7 heteroatoms. The molecular formula is C15H28N4O3. The van der Waals surface area contributed by atoms with Gasteiger partial charge >= 0.3 is 6.03 Å². The molecule has 0 bridgehead atoms. The van der Waals surface area contributed by atoms with E-state index >= 15 is 0 Å². The zero-order valence-electron chi connectivity index (χ0n) is 13.5. The maximum atomic E-state index is 11.8. The summed E-state index contributed by atoms with van der Waals surface area (Å²) in [7, 11) is 0. The number of rotatable bonds is 6. The molecule has 0 saturated carbocycles. The maximum Gasteiger partial charge on any atom is 0.315 e. The Balaban J connectivity index is 1.55. The molecule has 2 heterocycles. The van der Waals surface area contributed by atoms with E-state index in [-0.39, 0.29) is 18.0 Å². The van der Waals surface area contributed by atoms with Gasteiger partial charge in [0.25, 0.3) is 0 Å². The summed E-state index contributed by atoms with van der Waals surface area (Å²) < 4.78 is 5.30. The Labute approximate surface area is 132 Å². The number of amides is 3. The third kappa shape index (κ3) is 5.81. The highest BCUT2D eigenvalue weighted by Gasteiger charge is 2.18. The van der Waals surface area contributed by atoms with E-state index in [0.717, 1.165) is 58.8 Å². The first-order valence-electron chi connectivity index (χ1n) is 8.27. The Morgan fingerprint density at radius 2 is 1.82 bits per heavy atom. The third-order valence-electron chi connectivity index (χ3n) is 4.10. The van der Waals surface area contributed by atoms with E-state index in [1.807, 2.05) is 11.8 Å². The van der Waals surface area contributed by atoms with E-state index in [9.17, 15) is 9.59 Å². The molecule has 7 nitrogen and oxygen atoms in total. The number of nitrogens with zero attached hydrogens (tertiary/aromatic N) is 2. The van der Waals surface area contributed by atoms with E-state index in [0.29, 0.717) is 13.0 Å². The first-order chi connectivity index (χ1) is 10.6. The van der Waals surface area contributed by atoms with Gasteiger partial charge in [0.1, 0.15) is 0 Å². The van der Waals surface area contributed by atoms with Crippen LogP contribution in [0, 0.1) is 0 Å². The van der Waals surface area contributed by atoms with Crippen LogP contribution in [0.25, 0.3) is 0 Å².